The molecule has 1 saturated heterocycles. The van der Waals surface area contributed by atoms with Gasteiger partial charge >= 0.3 is 0 Å². The van der Waals surface area contributed by atoms with Gasteiger partial charge in [0.2, 0.25) is 11.8 Å². The van der Waals surface area contributed by atoms with E-state index in [9.17, 15) is 9.59 Å². The third-order valence-electron chi connectivity index (χ3n) is 4.71. The summed E-state index contributed by atoms with van der Waals surface area (Å²) in [6, 6.07) is 12.2. The third-order valence-corrected chi connectivity index (χ3v) is 5.59. The quantitative estimate of drug-likeness (QED) is 0.849. The predicted octanol–water partition coefficient (Wildman–Crippen LogP) is 2.26. The Labute approximate surface area is 139 Å². The van der Waals surface area contributed by atoms with Crippen molar-refractivity contribution in [3.63, 3.8) is 0 Å². The maximum absolute atomic E-state index is 12.6. The van der Waals surface area contributed by atoms with Crippen LogP contribution in [0.3, 0.4) is 0 Å². The van der Waals surface area contributed by atoms with E-state index in [1.54, 1.807) is 16.2 Å². The van der Waals surface area contributed by atoms with E-state index < -0.39 is 0 Å². The molecule has 1 aromatic carbocycles. The van der Waals surface area contributed by atoms with Crippen molar-refractivity contribution in [1.29, 1.82) is 0 Å². The van der Waals surface area contributed by atoms with Crippen LogP contribution in [0.2, 0.25) is 0 Å². The van der Waals surface area contributed by atoms with Gasteiger partial charge in [0.05, 0.1) is 19.0 Å². The number of rotatable bonds is 2. The molecule has 2 amide bonds. The fraction of sp³-hybridized carbons (Fsp3) is 0.333. The van der Waals surface area contributed by atoms with Crippen LogP contribution in [0.15, 0.2) is 41.8 Å². The summed E-state index contributed by atoms with van der Waals surface area (Å²) in [6.07, 6.45) is 1.29. The van der Waals surface area contributed by atoms with Gasteiger partial charge in [-0.2, -0.15) is 0 Å². The van der Waals surface area contributed by atoms with Gasteiger partial charge in [-0.25, -0.2) is 0 Å². The Hall–Kier alpha value is -2.14. The second-order valence-corrected chi connectivity index (χ2v) is 7.11. The van der Waals surface area contributed by atoms with Crippen LogP contribution in [-0.4, -0.2) is 41.2 Å². The Morgan fingerprint density at radius 3 is 2.91 bits per heavy atom. The first-order valence-electron chi connectivity index (χ1n) is 7.90. The van der Waals surface area contributed by atoms with Crippen molar-refractivity contribution < 1.29 is 9.59 Å². The van der Waals surface area contributed by atoms with E-state index in [1.165, 1.54) is 11.1 Å². The molecule has 0 radical (unpaired) electrons. The molecule has 0 saturated carbocycles. The topological polar surface area (TPSA) is 40.6 Å². The monoisotopic (exact) mass is 326 g/mol. The highest BCUT2D eigenvalue weighted by Gasteiger charge is 2.38. The van der Waals surface area contributed by atoms with Crippen molar-refractivity contribution in [3.8, 4) is 0 Å². The molecule has 0 spiro atoms. The molecular formula is C18H18N2O2S. The van der Waals surface area contributed by atoms with Crippen molar-refractivity contribution in [2.45, 2.75) is 18.9 Å². The van der Waals surface area contributed by atoms with Crippen molar-refractivity contribution in [2.75, 3.05) is 19.6 Å². The van der Waals surface area contributed by atoms with E-state index in [0.29, 0.717) is 13.0 Å². The van der Waals surface area contributed by atoms with Crippen molar-refractivity contribution >= 4 is 23.2 Å². The van der Waals surface area contributed by atoms with Gasteiger partial charge in [-0.3, -0.25) is 9.59 Å². The summed E-state index contributed by atoms with van der Waals surface area (Å²) in [6.45, 7) is 1.57. The van der Waals surface area contributed by atoms with Crippen molar-refractivity contribution in [3.05, 3.63) is 57.8 Å². The predicted molar refractivity (Wildman–Crippen MR) is 89.2 cm³/mol. The van der Waals surface area contributed by atoms with E-state index in [4.69, 9.17) is 0 Å². The third kappa shape index (κ3) is 2.65. The minimum atomic E-state index is 0.00786. The zero-order chi connectivity index (χ0) is 15.8. The van der Waals surface area contributed by atoms with Gasteiger partial charge < -0.3 is 9.80 Å². The Kier molecular flexibility index (Phi) is 3.65. The largest absolute Gasteiger partial charge is 0.332 e. The number of fused-ring (bicyclic) bond motifs is 3. The first kappa shape index (κ1) is 14.5. The summed E-state index contributed by atoms with van der Waals surface area (Å²) >= 11 is 1.58. The van der Waals surface area contributed by atoms with Gasteiger partial charge in [0.15, 0.2) is 0 Å². The highest BCUT2D eigenvalue weighted by atomic mass is 32.1. The number of piperazine rings is 1. The summed E-state index contributed by atoms with van der Waals surface area (Å²) < 4.78 is 0. The van der Waals surface area contributed by atoms with Crippen LogP contribution < -0.4 is 0 Å². The highest BCUT2D eigenvalue weighted by molar-refractivity contribution is 7.10. The van der Waals surface area contributed by atoms with Gasteiger partial charge in [-0.15, -0.1) is 11.3 Å². The van der Waals surface area contributed by atoms with Crippen molar-refractivity contribution in [2.24, 2.45) is 0 Å². The molecule has 1 atom stereocenters. The minimum Gasteiger partial charge on any atom is -0.332 e. The molecule has 5 heteroatoms. The van der Waals surface area contributed by atoms with E-state index in [2.05, 4.69) is 12.1 Å². The molecule has 0 aliphatic carbocycles. The fourth-order valence-electron chi connectivity index (χ4n) is 3.54. The summed E-state index contributed by atoms with van der Waals surface area (Å²) in [5.74, 6) is 0.110. The summed E-state index contributed by atoms with van der Waals surface area (Å²) in [5.41, 5.74) is 2.50. The van der Waals surface area contributed by atoms with E-state index in [0.717, 1.165) is 17.8 Å². The van der Waals surface area contributed by atoms with Gasteiger partial charge in [0, 0.05) is 18.0 Å². The molecular weight excluding hydrogens is 308 g/mol. The highest BCUT2D eigenvalue weighted by Crippen LogP contribution is 2.33. The number of amides is 2. The number of nitrogens with zero attached hydrogens (tertiary/aromatic N) is 2. The number of carbonyl (C=O) groups excluding carboxylic acids is 2. The molecule has 1 fully saturated rings. The molecule has 2 aromatic rings. The van der Waals surface area contributed by atoms with Crippen LogP contribution in [0.25, 0.3) is 0 Å². The number of carbonyl (C=O) groups is 2. The first-order valence-corrected chi connectivity index (χ1v) is 8.78. The Morgan fingerprint density at radius 2 is 2.09 bits per heavy atom. The molecule has 2 aliphatic rings. The molecule has 0 bridgehead atoms. The molecule has 23 heavy (non-hydrogen) atoms. The average Bonchev–Trinajstić information content (AvgIpc) is 3.07. The standard InChI is InChI=1S/C18H18N2O2S/c21-17(10-14-5-3-9-23-14)19-11-16-15-6-2-1-4-13(15)7-8-20(16)18(22)12-19/h1-6,9,16H,7-8,10-12H2. The van der Waals surface area contributed by atoms with E-state index in [1.807, 2.05) is 34.5 Å². The van der Waals surface area contributed by atoms with Crippen LogP contribution in [0.1, 0.15) is 22.0 Å². The summed E-state index contributed by atoms with van der Waals surface area (Å²) in [4.78, 5) is 29.8. The van der Waals surface area contributed by atoms with Crippen LogP contribution in [-0.2, 0) is 22.4 Å². The van der Waals surface area contributed by atoms with Gasteiger partial charge in [0.25, 0.3) is 0 Å². The number of thiophene rings is 1. The maximum Gasteiger partial charge on any atom is 0.242 e. The maximum atomic E-state index is 12.6. The van der Waals surface area contributed by atoms with Crippen LogP contribution >= 0.6 is 11.3 Å². The molecule has 0 N–H and O–H groups in total. The van der Waals surface area contributed by atoms with Crippen LogP contribution in [0.5, 0.6) is 0 Å². The SMILES string of the molecule is O=C(Cc1cccs1)N1CC(=O)N2CCc3ccccc3C2C1. The zero-order valence-electron chi connectivity index (χ0n) is 12.8. The summed E-state index contributed by atoms with van der Waals surface area (Å²) in [7, 11) is 0. The Morgan fingerprint density at radius 1 is 1.22 bits per heavy atom. The van der Waals surface area contributed by atoms with Crippen LogP contribution in [0.4, 0.5) is 0 Å². The van der Waals surface area contributed by atoms with Gasteiger partial charge in [0.1, 0.15) is 0 Å². The lowest BCUT2D eigenvalue weighted by Gasteiger charge is -2.44. The van der Waals surface area contributed by atoms with E-state index in [-0.39, 0.29) is 24.4 Å². The Bertz CT molecular complexity index is 741. The summed E-state index contributed by atoms with van der Waals surface area (Å²) in [5, 5.41) is 1.98. The normalized spacial score (nSPS) is 20.2. The number of benzene rings is 1. The minimum absolute atomic E-state index is 0.00786. The lowest BCUT2D eigenvalue weighted by atomic mass is 9.90. The molecule has 4 rings (SSSR count). The fourth-order valence-corrected chi connectivity index (χ4v) is 4.23. The molecule has 118 valence electrons. The lowest BCUT2D eigenvalue weighted by molar-refractivity contribution is -0.149. The second kappa shape index (κ2) is 5.81. The van der Waals surface area contributed by atoms with E-state index >= 15 is 0 Å². The Balaban J connectivity index is 1.57. The van der Waals surface area contributed by atoms with Crippen molar-refractivity contribution in [1.82, 2.24) is 9.80 Å². The number of hydrogen-bond donors (Lipinski definition) is 0. The molecule has 4 nitrogen and oxygen atoms in total. The first-order chi connectivity index (χ1) is 11.2. The van der Waals surface area contributed by atoms with Gasteiger partial charge in [-0.05, 0) is 29.0 Å². The lowest BCUT2D eigenvalue weighted by Crippen LogP contribution is -2.55. The molecule has 1 unspecified atom stereocenters. The van der Waals surface area contributed by atoms with Gasteiger partial charge in [-0.1, -0.05) is 30.3 Å². The zero-order valence-corrected chi connectivity index (χ0v) is 13.6. The number of hydrogen-bond acceptors (Lipinski definition) is 3. The molecule has 3 heterocycles. The smallest absolute Gasteiger partial charge is 0.242 e. The second-order valence-electron chi connectivity index (χ2n) is 6.08. The molecule has 1 aromatic heterocycles. The average molecular weight is 326 g/mol. The van der Waals surface area contributed by atoms with Crippen LogP contribution in [0, 0.1) is 0 Å². The molecule has 2 aliphatic heterocycles.